The fourth-order valence-corrected chi connectivity index (χ4v) is 5.28. The van der Waals surface area contributed by atoms with E-state index < -0.39 is 38.8 Å². The molecule has 11 heteroatoms. The maximum absolute atomic E-state index is 15.3. The molecule has 1 unspecified atom stereocenters. The number of benzene rings is 2. The molecule has 2 aromatic carbocycles. The molecule has 0 spiro atoms. The molecule has 1 aromatic heterocycles. The highest BCUT2D eigenvalue weighted by Gasteiger charge is 2.46. The van der Waals surface area contributed by atoms with Crippen LogP contribution in [0.1, 0.15) is 42.1 Å². The molecule has 1 saturated heterocycles. The van der Waals surface area contributed by atoms with Gasteiger partial charge in [0.15, 0.2) is 0 Å². The Kier molecular flexibility index (Phi) is 7.92. The van der Waals surface area contributed by atoms with E-state index in [1.54, 1.807) is 23.1 Å². The van der Waals surface area contributed by atoms with Crippen molar-refractivity contribution in [2.75, 3.05) is 18.0 Å². The number of anilines is 1. The van der Waals surface area contributed by atoms with Gasteiger partial charge in [0.2, 0.25) is 0 Å². The zero-order valence-electron chi connectivity index (χ0n) is 23.0. The molecular formula is C30H31F5N2O3Si. The highest BCUT2D eigenvalue weighted by atomic mass is 28.3. The summed E-state index contributed by atoms with van der Waals surface area (Å²) in [4.78, 5) is 1.63. The average molecular weight is 591 g/mol. The molecule has 0 bridgehead atoms. The van der Waals surface area contributed by atoms with Crippen molar-refractivity contribution in [3.8, 4) is 28.5 Å². The predicted octanol–water partition coefficient (Wildman–Crippen LogP) is 7.78. The summed E-state index contributed by atoms with van der Waals surface area (Å²) in [5, 5.41) is 4.02. The molecule has 5 nitrogen and oxygen atoms in total. The third-order valence-corrected chi connectivity index (χ3v) is 7.79. The topological polar surface area (TPSA) is 47.7 Å². The molecule has 3 aromatic rings. The lowest BCUT2D eigenvalue weighted by molar-refractivity contribution is -0.274. The number of rotatable bonds is 7. The first kappa shape index (κ1) is 29.1. The quantitative estimate of drug-likeness (QED) is 0.160. The van der Waals surface area contributed by atoms with Gasteiger partial charge in [-0.25, -0.2) is 8.78 Å². The molecule has 2 heterocycles. The number of ether oxygens (including phenoxy) is 2. The van der Waals surface area contributed by atoms with Crippen LogP contribution in [-0.2, 0) is 11.3 Å². The maximum atomic E-state index is 15.3. The second kappa shape index (κ2) is 11.1. The second-order valence-electron chi connectivity index (χ2n) is 11.5. The van der Waals surface area contributed by atoms with Gasteiger partial charge in [-0.15, -0.1) is 18.7 Å². The van der Waals surface area contributed by atoms with E-state index in [1.165, 1.54) is 18.2 Å². The first-order valence-electron chi connectivity index (χ1n) is 13.5. The number of hydrogen-bond donors (Lipinski definition) is 0. The molecule has 0 N–H and O–H groups in total. The zero-order chi connectivity index (χ0) is 29.4. The third kappa shape index (κ3) is 7.29. The lowest BCUT2D eigenvalue weighted by atomic mass is 10.0. The van der Waals surface area contributed by atoms with Crippen molar-refractivity contribution in [3.05, 3.63) is 65.4 Å². The third-order valence-electron chi connectivity index (χ3n) is 6.91. The fraction of sp³-hybridized carbons (Fsp3) is 0.433. The number of aromatic nitrogens is 1. The summed E-state index contributed by atoms with van der Waals surface area (Å²) < 4.78 is 85.2. The summed E-state index contributed by atoms with van der Waals surface area (Å²) in [6.45, 7) is 6.03. The van der Waals surface area contributed by atoms with E-state index in [9.17, 15) is 13.2 Å². The molecule has 5 rings (SSSR count). The van der Waals surface area contributed by atoms with E-state index in [0.717, 1.165) is 18.4 Å². The molecule has 1 aliphatic carbocycles. The summed E-state index contributed by atoms with van der Waals surface area (Å²) in [7, 11) is -1.53. The highest BCUT2D eigenvalue weighted by Crippen LogP contribution is 2.46. The van der Waals surface area contributed by atoms with Gasteiger partial charge in [0.25, 0.3) is 5.92 Å². The fourth-order valence-electron chi connectivity index (χ4n) is 4.76. The molecule has 1 atom stereocenters. The number of hydrogen-bond acceptors (Lipinski definition) is 5. The second-order valence-corrected chi connectivity index (χ2v) is 16.3. The Morgan fingerprint density at radius 1 is 1.05 bits per heavy atom. The van der Waals surface area contributed by atoms with Crippen LogP contribution in [0.5, 0.6) is 5.75 Å². The van der Waals surface area contributed by atoms with Crippen LogP contribution in [0.2, 0.25) is 19.6 Å². The SMILES string of the molecule is C[Si](C)(C)C#Cc1ccc(N2CCC(OCc3c(-c4ccccc4OC(F)(F)F)noc3C3CC3)C(F)(F)C2)cc1. The van der Waals surface area contributed by atoms with E-state index in [4.69, 9.17) is 9.26 Å². The average Bonchev–Trinajstić information content (AvgIpc) is 3.65. The Balaban J connectivity index is 1.30. The van der Waals surface area contributed by atoms with Gasteiger partial charge in [-0.2, -0.15) is 0 Å². The van der Waals surface area contributed by atoms with Crippen molar-refractivity contribution < 1.29 is 35.9 Å². The predicted molar refractivity (Wildman–Crippen MR) is 148 cm³/mol. The number of halogens is 5. The van der Waals surface area contributed by atoms with E-state index in [0.29, 0.717) is 23.6 Å². The summed E-state index contributed by atoms with van der Waals surface area (Å²) in [6, 6.07) is 12.8. The first-order chi connectivity index (χ1) is 19.3. The van der Waals surface area contributed by atoms with Crippen LogP contribution >= 0.6 is 0 Å². The Morgan fingerprint density at radius 3 is 2.39 bits per heavy atom. The molecule has 0 radical (unpaired) electrons. The van der Waals surface area contributed by atoms with Gasteiger partial charge in [-0.05, 0) is 55.7 Å². The van der Waals surface area contributed by atoms with E-state index in [-0.39, 0.29) is 30.2 Å². The van der Waals surface area contributed by atoms with Gasteiger partial charge in [-0.3, -0.25) is 0 Å². The van der Waals surface area contributed by atoms with Crippen molar-refractivity contribution in [2.24, 2.45) is 0 Å². The lowest BCUT2D eigenvalue weighted by Gasteiger charge is -2.39. The minimum atomic E-state index is -4.91. The standard InChI is InChI=1S/C30H31F5N2O3Si/c1-41(2,3)17-15-20-8-12-22(13-9-20)37-16-14-26(29(31,32)19-37)38-18-24-27(36-40-28(24)21-10-11-21)23-6-4-5-7-25(23)39-30(33,34)35/h4-9,12-13,21,26H,10-11,14,16,18-19H2,1-3H3. The van der Waals surface area contributed by atoms with E-state index >= 15 is 8.78 Å². The van der Waals surface area contributed by atoms with Crippen molar-refractivity contribution >= 4 is 13.8 Å². The highest BCUT2D eigenvalue weighted by molar-refractivity contribution is 6.83. The molecule has 218 valence electrons. The smallest absolute Gasteiger partial charge is 0.405 e. The zero-order valence-corrected chi connectivity index (χ0v) is 24.0. The Bertz CT molecular complexity index is 1430. The summed E-state index contributed by atoms with van der Waals surface area (Å²) in [6.07, 6.45) is -4.58. The Hall–Kier alpha value is -3.36. The largest absolute Gasteiger partial charge is 0.573 e. The lowest BCUT2D eigenvalue weighted by Crippen LogP contribution is -2.52. The maximum Gasteiger partial charge on any atom is 0.573 e. The van der Waals surface area contributed by atoms with Gasteiger partial charge in [0.05, 0.1) is 13.2 Å². The molecule has 41 heavy (non-hydrogen) atoms. The van der Waals surface area contributed by atoms with Gasteiger partial charge in [0.1, 0.15) is 31.4 Å². The molecule has 0 amide bonds. The van der Waals surface area contributed by atoms with Crippen LogP contribution in [0.15, 0.2) is 53.1 Å². The number of piperidine rings is 1. The van der Waals surface area contributed by atoms with Crippen molar-refractivity contribution in [1.82, 2.24) is 5.16 Å². The van der Waals surface area contributed by atoms with E-state index in [2.05, 4.69) is 41.0 Å². The number of nitrogens with zero attached hydrogens (tertiary/aromatic N) is 2. The van der Waals surface area contributed by atoms with Crippen LogP contribution in [0, 0.1) is 11.5 Å². The number of para-hydroxylation sites is 1. The summed E-state index contributed by atoms with van der Waals surface area (Å²) in [5.41, 5.74) is 5.35. The van der Waals surface area contributed by atoms with Crippen LogP contribution < -0.4 is 9.64 Å². The van der Waals surface area contributed by atoms with Gasteiger partial charge >= 0.3 is 6.36 Å². The monoisotopic (exact) mass is 590 g/mol. The summed E-state index contributed by atoms with van der Waals surface area (Å²) >= 11 is 0. The molecule has 2 fully saturated rings. The number of alkyl halides is 5. The minimum Gasteiger partial charge on any atom is -0.405 e. The molecule has 2 aliphatic rings. The summed E-state index contributed by atoms with van der Waals surface area (Å²) in [5.74, 6) is 0.0417. The van der Waals surface area contributed by atoms with Gasteiger partial charge in [0, 0.05) is 34.8 Å². The van der Waals surface area contributed by atoms with E-state index in [1.807, 2.05) is 12.1 Å². The Labute approximate surface area is 236 Å². The van der Waals surface area contributed by atoms with Crippen LogP contribution in [0.25, 0.3) is 11.3 Å². The van der Waals surface area contributed by atoms with Gasteiger partial charge < -0.3 is 18.9 Å². The minimum absolute atomic E-state index is 0.0336. The first-order valence-corrected chi connectivity index (χ1v) is 17.0. The van der Waals surface area contributed by atoms with Gasteiger partial charge in [-0.1, -0.05) is 42.9 Å². The van der Waals surface area contributed by atoms with Crippen LogP contribution in [0.4, 0.5) is 27.6 Å². The normalized spacial score (nSPS) is 19.0. The van der Waals surface area contributed by atoms with Crippen LogP contribution in [-0.4, -0.2) is 44.7 Å². The molecule has 1 aliphatic heterocycles. The van der Waals surface area contributed by atoms with Crippen molar-refractivity contribution in [3.63, 3.8) is 0 Å². The van der Waals surface area contributed by atoms with Crippen molar-refractivity contribution in [1.29, 1.82) is 0 Å². The van der Waals surface area contributed by atoms with Crippen molar-refractivity contribution in [2.45, 2.75) is 69.8 Å². The Morgan fingerprint density at radius 2 is 1.76 bits per heavy atom. The molecule has 1 saturated carbocycles. The van der Waals surface area contributed by atoms with Crippen LogP contribution in [0.3, 0.4) is 0 Å². The molecular weight excluding hydrogens is 559 g/mol.